The molecule has 0 saturated carbocycles. The number of carbonyl (C=O) groups excluding carboxylic acids is 1. The number of allylic oxidation sites excluding steroid dienone is 1. The molecule has 0 fully saturated rings. The number of amides is 1. The van der Waals surface area contributed by atoms with Gasteiger partial charge in [-0.05, 0) is 30.2 Å². The van der Waals surface area contributed by atoms with Gasteiger partial charge in [0.2, 0.25) is 0 Å². The number of aliphatic hydroxyl groups is 1. The molecule has 0 saturated heterocycles. The van der Waals surface area contributed by atoms with E-state index in [1.165, 1.54) is 43.0 Å². The number of para-hydroxylation sites is 1. The molecule has 2 heterocycles. The van der Waals surface area contributed by atoms with Gasteiger partial charge in [0.15, 0.2) is 28.7 Å². The first-order chi connectivity index (χ1) is 14.3. The van der Waals surface area contributed by atoms with Crippen molar-refractivity contribution in [1.82, 2.24) is 5.32 Å². The lowest BCUT2D eigenvalue weighted by Crippen LogP contribution is -2.21. The zero-order chi connectivity index (χ0) is 21.6. The lowest BCUT2D eigenvalue weighted by atomic mass is 9.91. The van der Waals surface area contributed by atoms with Crippen LogP contribution in [0, 0.1) is 18.6 Å². The summed E-state index contributed by atoms with van der Waals surface area (Å²) in [6, 6.07) is 9.16. The van der Waals surface area contributed by atoms with Gasteiger partial charge >= 0.3 is 0 Å². The number of thioether (sulfide) groups is 1. The van der Waals surface area contributed by atoms with E-state index >= 15 is 0 Å². The van der Waals surface area contributed by atoms with Crippen molar-refractivity contribution in [2.24, 2.45) is 0 Å². The fourth-order valence-electron chi connectivity index (χ4n) is 3.42. The molecule has 1 unspecified atom stereocenters. The van der Waals surface area contributed by atoms with Gasteiger partial charge in [0.25, 0.3) is 5.91 Å². The third-order valence-electron chi connectivity index (χ3n) is 4.95. The maximum absolute atomic E-state index is 14.5. The monoisotopic (exact) mass is 429 g/mol. The van der Waals surface area contributed by atoms with E-state index < -0.39 is 23.5 Å². The van der Waals surface area contributed by atoms with Crippen LogP contribution in [0.25, 0.3) is 11.0 Å². The molecule has 1 aromatic heterocycles. The van der Waals surface area contributed by atoms with Crippen molar-refractivity contribution >= 4 is 28.6 Å². The molecular formula is C22H17F2NO4S. The molecular weight excluding hydrogens is 412 g/mol. The van der Waals surface area contributed by atoms with Crippen molar-refractivity contribution in [3.8, 4) is 5.75 Å². The molecule has 30 heavy (non-hydrogen) atoms. The number of phenols is 1. The molecule has 0 radical (unpaired) electrons. The molecule has 5 nitrogen and oxygen atoms in total. The minimum absolute atomic E-state index is 0.0430. The molecule has 1 amide bonds. The standard InChI is InChI=1S/C22H17F2NO4S/c1-10-6-7-13(19(24)18(10)23)14-9-30-22(17(14)11(2)26)25-21(28)16-8-12-4-3-5-15(27)20(12)29-16/h3-8,14,26-27H,2,9H2,1H3,(H,25,28). The van der Waals surface area contributed by atoms with Crippen molar-refractivity contribution in [2.75, 3.05) is 5.75 Å². The average molecular weight is 429 g/mol. The van der Waals surface area contributed by atoms with Gasteiger partial charge in [0.1, 0.15) is 5.76 Å². The quantitative estimate of drug-likeness (QED) is 0.492. The summed E-state index contributed by atoms with van der Waals surface area (Å²) in [5, 5.41) is 23.4. The van der Waals surface area contributed by atoms with Crippen LogP contribution in [0.3, 0.4) is 0 Å². The van der Waals surface area contributed by atoms with Crippen molar-refractivity contribution in [2.45, 2.75) is 12.8 Å². The second-order valence-electron chi connectivity index (χ2n) is 6.91. The minimum Gasteiger partial charge on any atom is -0.508 e. The number of furan rings is 1. The van der Waals surface area contributed by atoms with Crippen LogP contribution in [0.15, 0.2) is 63.8 Å². The summed E-state index contributed by atoms with van der Waals surface area (Å²) in [6.07, 6.45) is 0. The number of aliphatic hydroxyl groups excluding tert-OH is 1. The number of hydrogen-bond donors (Lipinski definition) is 3. The lowest BCUT2D eigenvalue weighted by Gasteiger charge is -2.16. The van der Waals surface area contributed by atoms with Gasteiger partial charge in [-0.25, -0.2) is 8.78 Å². The van der Waals surface area contributed by atoms with Crippen molar-refractivity contribution in [3.63, 3.8) is 0 Å². The van der Waals surface area contributed by atoms with Crippen molar-refractivity contribution in [1.29, 1.82) is 0 Å². The summed E-state index contributed by atoms with van der Waals surface area (Å²) >= 11 is 1.18. The van der Waals surface area contributed by atoms with Gasteiger partial charge in [-0.1, -0.05) is 30.8 Å². The molecule has 1 atom stereocenters. The van der Waals surface area contributed by atoms with E-state index in [2.05, 4.69) is 11.9 Å². The first-order valence-corrected chi connectivity index (χ1v) is 9.99. The third-order valence-corrected chi connectivity index (χ3v) is 6.06. The lowest BCUT2D eigenvalue weighted by molar-refractivity contribution is 0.0943. The summed E-state index contributed by atoms with van der Waals surface area (Å²) in [6.45, 7) is 4.98. The van der Waals surface area contributed by atoms with Crippen LogP contribution < -0.4 is 5.32 Å². The molecule has 2 aromatic carbocycles. The number of nitrogens with one attached hydrogen (secondary N) is 1. The summed E-state index contributed by atoms with van der Waals surface area (Å²) in [7, 11) is 0. The Bertz CT molecular complexity index is 1230. The number of carbonyl (C=O) groups is 1. The Labute approximate surface area is 174 Å². The number of aryl methyl sites for hydroxylation is 1. The van der Waals surface area contributed by atoms with Gasteiger partial charge in [-0.3, -0.25) is 4.79 Å². The number of fused-ring (bicyclic) bond motifs is 1. The van der Waals surface area contributed by atoms with E-state index in [0.29, 0.717) is 5.39 Å². The molecule has 0 bridgehead atoms. The smallest absolute Gasteiger partial charge is 0.291 e. The van der Waals surface area contributed by atoms with Gasteiger partial charge < -0.3 is 19.9 Å². The van der Waals surface area contributed by atoms with Crippen LogP contribution >= 0.6 is 11.8 Å². The Hall–Kier alpha value is -3.26. The largest absolute Gasteiger partial charge is 0.508 e. The first kappa shape index (κ1) is 20.0. The Balaban J connectivity index is 1.68. The Morgan fingerprint density at radius 2 is 2.03 bits per heavy atom. The van der Waals surface area contributed by atoms with E-state index in [-0.39, 0.29) is 50.3 Å². The topological polar surface area (TPSA) is 82.7 Å². The Morgan fingerprint density at radius 1 is 1.27 bits per heavy atom. The van der Waals surface area contributed by atoms with Crippen LogP contribution in [0.4, 0.5) is 8.78 Å². The highest BCUT2D eigenvalue weighted by Crippen LogP contribution is 2.44. The maximum Gasteiger partial charge on any atom is 0.291 e. The highest BCUT2D eigenvalue weighted by atomic mass is 32.2. The summed E-state index contributed by atoms with van der Waals surface area (Å²) in [5.41, 5.74) is 0.651. The molecule has 0 aliphatic carbocycles. The molecule has 154 valence electrons. The van der Waals surface area contributed by atoms with E-state index in [4.69, 9.17) is 4.42 Å². The normalized spacial score (nSPS) is 16.3. The van der Waals surface area contributed by atoms with Gasteiger partial charge in [-0.15, -0.1) is 11.8 Å². The molecule has 3 N–H and O–H groups in total. The van der Waals surface area contributed by atoms with Crippen molar-refractivity contribution < 1.29 is 28.2 Å². The summed E-state index contributed by atoms with van der Waals surface area (Å²) in [4.78, 5) is 12.7. The Morgan fingerprint density at radius 3 is 2.73 bits per heavy atom. The number of benzene rings is 2. The van der Waals surface area contributed by atoms with Gasteiger partial charge in [0.05, 0.1) is 5.03 Å². The molecule has 3 aromatic rings. The Kier molecular flexibility index (Phi) is 5.03. The minimum atomic E-state index is -0.986. The van der Waals surface area contributed by atoms with Crippen LogP contribution in [-0.2, 0) is 0 Å². The van der Waals surface area contributed by atoms with Gasteiger partial charge in [0, 0.05) is 22.6 Å². The van der Waals surface area contributed by atoms with E-state index in [0.717, 1.165) is 0 Å². The molecule has 0 spiro atoms. The maximum atomic E-state index is 14.5. The van der Waals surface area contributed by atoms with E-state index in [1.54, 1.807) is 12.1 Å². The second-order valence-corrected chi connectivity index (χ2v) is 7.94. The van der Waals surface area contributed by atoms with Crippen LogP contribution in [0.2, 0.25) is 0 Å². The fourth-order valence-corrected chi connectivity index (χ4v) is 4.68. The summed E-state index contributed by atoms with van der Waals surface area (Å²) < 4.78 is 34.0. The average Bonchev–Trinajstić information content (AvgIpc) is 3.31. The highest BCUT2D eigenvalue weighted by molar-refractivity contribution is 8.03. The number of phenolic OH excluding ortho intramolecular Hbond substituents is 1. The zero-order valence-electron chi connectivity index (χ0n) is 15.8. The summed E-state index contributed by atoms with van der Waals surface area (Å²) in [5.74, 6) is -3.42. The van der Waals surface area contributed by atoms with Crippen LogP contribution in [0.1, 0.15) is 27.6 Å². The van der Waals surface area contributed by atoms with Crippen LogP contribution in [0.5, 0.6) is 5.75 Å². The SMILES string of the molecule is C=C(O)C1=C(NC(=O)c2cc3cccc(O)c3o2)SCC1c1ccc(C)c(F)c1F. The predicted octanol–water partition coefficient (Wildman–Crippen LogP) is 5.27. The highest BCUT2D eigenvalue weighted by Gasteiger charge is 2.33. The van der Waals surface area contributed by atoms with Crippen LogP contribution in [-0.4, -0.2) is 21.9 Å². The van der Waals surface area contributed by atoms with Gasteiger partial charge in [-0.2, -0.15) is 0 Å². The van der Waals surface area contributed by atoms with Crippen molar-refractivity contribution in [3.05, 3.63) is 87.9 Å². The molecule has 1 aliphatic heterocycles. The predicted molar refractivity (Wildman–Crippen MR) is 110 cm³/mol. The van der Waals surface area contributed by atoms with E-state index in [1.807, 2.05) is 0 Å². The molecule has 8 heteroatoms. The zero-order valence-corrected chi connectivity index (χ0v) is 16.6. The molecule has 4 rings (SSSR count). The number of halogens is 2. The number of rotatable bonds is 4. The first-order valence-electron chi connectivity index (χ1n) is 9.00. The second kappa shape index (κ2) is 7.53. The number of hydrogen-bond acceptors (Lipinski definition) is 5. The third kappa shape index (κ3) is 3.33. The van der Waals surface area contributed by atoms with E-state index in [9.17, 15) is 23.8 Å². The fraction of sp³-hybridized carbons (Fsp3) is 0.136. The molecule has 1 aliphatic rings. The number of aromatic hydroxyl groups is 1.